The Hall–Kier alpha value is -0.163. The van der Waals surface area contributed by atoms with E-state index in [0.717, 1.165) is 5.56 Å². The Bertz CT molecular complexity index is 418. The lowest BCUT2D eigenvalue weighted by Crippen LogP contribution is -2.40. The van der Waals surface area contributed by atoms with Crippen molar-refractivity contribution >= 4 is 37.4 Å². The zero-order valence-corrected chi connectivity index (χ0v) is 14.5. The van der Waals surface area contributed by atoms with Crippen LogP contribution < -0.4 is 0 Å². The van der Waals surface area contributed by atoms with Crippen molar-refractivity contribution in [2.75, 3.05) is 0 Å². The molecule has 0 bridgehead atoms. The Morgan fingerprint density at radius 2 is 1.72 bits per heavy atom. The Morgan fingerprint density at radius 1 is 1.22 bits per heavy atom. The van der Waals surface area contributed by atoms with Crippen molar-refractivity contribution in [1.82, 2.24) is 0 Å². The lowest BCUT2D eigenvalue weighted by molar-refractivity contribution is 0.276. The van der Waals surface area contributed by atoms with Crippen LogP contribution in [0.15, 0.2) is 24.3 Å². The molecule has 100 valence electrons. The molecule has 0 unspecified atom stereocenters. The first-order chi connectivity index (χ1) is 8.13. The van der Waals surface area contributed by atoms with Crippen LogP contribution >= 0.6 is 24.8 Å². The third kappa shape index (κ3) is 4.19. The fraction of sp³-hybridized carbons (Fsp3) is 0.500. The number of thiol groups is 1. The minimum absolute atomic E-state index is 0.250. The van der Waals surface area contributed by atoms with Gasteiger partial charge in [-0.3, -0.25) is 0 Å². The van der Waals surface area contributed by atoms with Crippen molar-refractivity contribution in [2.45, 2.75) is 45.5 Å². The maximum atomic E-state index is 6.17. The molecular weight excluding hydrogens is 276 g/mol. The van der Waals surface area contributed by atoms with Crippen molar-refractivity contribution < 1.29 is 4.43 Å². The molecule has 1 nitrogen and oxygen atoms in total. The number of benzene rings is 1. The van der Waals surface area contributed by atoms with Crippen molar-refractivity contribution in [3.8, 4) is 0 Å². The normalized spacial score (nSPS) is 12.6. The van der Waals surface area contributed by atoms with Gasteiger partial charge in [0.15, 0.2) is 8.32 Å². The van der Waals surface area contributed by atoms with Gasteiger partial charge in [-0.15, -0.1) is 12.6 Å². The molecule has 0 aromatic heterocycles. The standard InChI is InChI=1S/C14H22OS2Si/c1-14(2,3)18(4,5)15-10-11-6-8-12(9-7-11)13(16)17/h6-9H,10H2,1-5H3,(H,16,17). The van der Waals surface area contributed by atoms with Crippen molar-refractivity contribution in [1.29, 1.82) is 0 Å². The van der Waals surface area contributed by atoms with E-state index in [1.807, 2.05) is 12.1 Å². The summed E-state index contributed by atoms with van der Waals surface area (Å²) in [6.07, 6.45) is 0. The van der Waals surface area contributed by atoms with Crippen LogP contribution in [0.3, 0.4) is 0 Å². The van der Waals surface area contributed by atoms with E-state index >= 15 is 0 Å². The molecule has 1 aromatic carbocycles. The summed E-state index contributed by atoms with van der Waals surface area (Å²) in [4.78, 5) is 0. The Balaban J connectivity index is 2.67. The van der Waals surface area contributed by atoms with E-state index in [4.69, 9.17) is 16.6 Å². The summed E-state index contributed by atoms with van der Waals surface area (Å²) in [6, 6.07) is 8.12. The Morgan fingerprint density at radius 3 is 2.11 bits per heavy atom. The van der Waals surface area contributed by atoms with Crippen LogP contribution in [0.2, 0.25) is 18.1 Å². The highest BCUT2D eigenvalue weighted by Gasteiger charge is 2.36. The number of rotatable bonds is 4. The summed E-state index contributed by atoms with van der Waals surface area (Å²) in [7, 11) is -1.66. The number of hydrogen-bond donors (Lipinski definition) is 1. The zero-order chi connectivity index (χ0) is 14.0. The highest BCUT2D eigenvalue weighted by atomic mass is 32.1. The first-order valence-electron chi connectivity index (χ1n) is 6.10. The van der Waals surface area contributed by atoms with Gasteiger partial charge >= 0.3 is 0 Å². The molecule has 0 spiro atoms. The van der Waals surface area contributed by atoms with E-state index in [1.54, 1.807) is 0 Å². The van der Waals surface area contributed by atoms with Gasteiger partial charge in [0.2, 0.25) is 0 Å². The molecule has 1 aromatic rings. The number of hydrogen-bond acceptors (Lipinski definition) is 2. The summed E-state index contributed by atoms with van der Waals surface area (Å²) < 4.78 is 6.80. The molecule has 0 heterocycles. The predicted molar refractivity (Wildman–Crippen MR) is 89.1 cm³/mol. The van der Waals surface area contributed by atoms with Gasteiger partial charge in [-0.1, -0.05) is 57.3 Å². The van der Waals surface area contributed by atoms with Gasteiger partial charge in [-0.25, -0.2) is 0 Å². The van der Waals surface area contributed by atoms with Gasteiger partial charge in [0.1, 0.15) is 0 Å². The summed E-state index contributed by atoms with van der Waals surface area (Å²) in [5, 5.41) is 0.250. The lowest BCUT2D eigenvalue weighted by Gasteiger charge is -2.36. The molecule has 0 aliphatic heterocycles. The highest BCUT2D eigenvalue weighted by Crippen LogP contribution is 2.37. The summed E-state index contributed by atoms with van der Waals surface area (Å²) in [5.41, 5.74) is 2.18. The van der Waals surface area contributed by atoms with Crippen LogP contribution in [0.1, 0.15) is 31.9 Å². The van der Waals surface area contributed by atoms with E-state index in [2.05, 4.69) is 58.6 Å². The summed E-state index contributed by atoms with van der Waals surface area (Å²) in [6.45, 7) is 12.0. The predicted octanol–water partition coefficient (Wildman–Crippen LogP) is 4.81. The quantitative estimate of drug-likeness (QED) is 0.485. The van der Waals surface area contributed by atoms with Crippen molar-refractivity contribution in [2.24, 2.45) is 0 Å². The van der Waals surface area contributed by atoms with Gasteiger partial charge in [0, 0.05) is 0 Å². The molecule has 18 heavy (non-hydrogen) atoms. The highest BCUT2D eigenvalue weighted by molar-refractivity contribution is 8.11. The van der Waals surface area contributed by atoms with Crippen LogP contribution in [0.25, 0.3) is 0 Å². The molecular formula is C14H22OS2Si. The molecule has 0 radical (unpaired) electrons. The first-order valence-corrected chi connectivity index (χ1v) is 9.86. The van der Waals surface area contributed by atoms with Crippen LogP contribution in [0.4, 0.5) is 0 Å². The molecule has 0 saturated carbocycles. The second-order valence-corrected chi connectivity index (χ2v) is 12.0. The molecule has 0 amide bonds. The molecule has 0 atom stereocenters. The lowest BCUT2D eigenvalue weighted by atomic mass is 10.2. The molecule has 0 saturated heterocycles. The molecule has 0 aliphatic rings. The smallest absolute Gasteiger partial charge is 0.192 e. The van der Waals surface area contributed by atoms with E-state index in [1.165, 1.54) is 5.56 Å². The van der Waals surface area contributed by atoms with E-state index < -0.39 is 8.32 Å². The molecule has 0 fully saturated rings. The van der Waals surface area contributed by atoms with E-state index in [0.29, 0.717) is 10.8 Å². The van der Waals surface area contributed by atoms with Crippen LogP contribution in [0.5, 0.6) is 0 Å². The molecule has 0 aliphatic carbocycles. The van der Waals surface area contributed by atoms with Crippen LogP contribution in [-0.4, -0.2) is 12.5 Å². The van der Waals surface area contributed by atoms with E-state index in [9.17, 15) is 0 Å². The fourth-order valence-corrected chi connectivity index (χ4v) is 2.47. The maximum absolute atomic E-state index is 6.17. The minimum atomic E-state index is -1.66. The van der Waals surface area contributed by atoms with Crippen LogP contribution in [-0.2, 0) is 11.0 Å². The molecule has 4 heteroatoms. The van der Waals surface area contributed by atoms with Gasteiger partial charge in [-0.05, 0) is 29.3 Å². The SMILES string of the molecule is CC(C)(C)[Si](C)(C)OCc1ccc(C(=S)S)cc1. The maximum Gasteiger partial charge on any atom is 0.192 e. The van der Waals surface area contributed by atoms with E-state index in [-0.39, 0.29) is 5.04 Å². The van der Waals surface area contributed by atoms with Gasteiger partial charge in [0.05, 0.1) is 10.8 Å². The first kappa shape index (κ1) is 15.9. The van der Waals surface area contributed by atoms with Crippen molar-refractivity contribution in [3.63, 3.8) is 0 Å². The van der Waals surface area contributed by atoms with Gasteiger partial charge in [0.25, 0.3) is 0 Å². The Labute approximate surface area is 122 Å². The second-order valence-electron chi connectivity index (χ2n) is 6.05. The Kier molecular flexibility index (Phi) is 5.18. The fourth-order valence-electron chi connectivity index (χ4n) is 1.22. The summed E-state index contributed by atoms with van der Waals surface area (Å²) in [5.74, 6) is 0. The number of thiocarbonyl (C=S) groups is 1. The second kappa shape index (κ2) is 5.86. The van der Waals surface area contributed by atoms with Gasteiger partial charge in [-0.2, -0.15) is 0 Å². The zero-order valence-electron chi connectivity index (χ0n) is 11.8. The molecule has 0 N–H and O–H groups in total. The van der Waals surface area contributed by atoms with Gasteiger partial charge < -0.3 is 4.43 Å². The third-order valence-electron chi connectivity index (χ3n) is 3.61. The third-order valence-corrected chi connectivity index (χ3v) is 8.58. The minimum Gasteiger partial charge on any atom is -0.413 e. The molecule has 1 rings (SSSR count). The topological polar surface area (TPSA) is 9.23 Å². The summed E-state index contributed by atoms with van der Waals surface area (Å²) >= 11 is 9.18. The van der Waals surface area contributed by atoms with Crippen molar-refractivity contribution in [3.05, 3.63) is 35.4 Å². The van der Waals surface area contributed by atoms with Crippen LogP contribution in [0, 0.1) is 0 Å². The average molecular weight is 299 g/mol. The largest absolute Gasteiger partial charge is 0.413 e. The average Bonchev–Trinajstić information content (AvgIpc) is 2.25. The monoisotopic (exact) mass is 298 g/mol.